The van der Waals surface area contributed by atoms with Crippen LogP contribution < -0.4 is 5.32 Å². The van der Waals surface area contributed by atoms with Crippen LogP contribution in [0.1, 0.15) is 10.4 Å². The first-order valence-corrected chi connectivity index (χ1v) is 8.18. The predicted octanol–water partition coefficient (Wildman–Crippen LogP) is 3.72. The SMILES string of the molecule is O=C(Nc1ccncc1)c1cnn(-c2ccc(F)cc2)c1-c1ccncc1. The second-order valence-electron chi connectivity index (χ2n) is 5.72. The highest BCUT2D eigenvalue weighted by molar-refractivity contribution is 6.08. The molecule has 3 aromatic heterocycles. The summed E-state index contributed by atoms with van der Waals surface area (Å²) in [4.78, 5) is 20.8. The van der Waals surface area contributed by atoms with Gasteiger partial charge in [-0.3, -0.25) is 14.8 Å². The molecule has 6 nitrogen and oxygen atoms in total. The first-order valence-electron chi connectivity index (χ1n) is 8.18. The van der Waals surface area contributed by atoms with Gasteiger partial charge in [-0.15, -0.1) is 0 Å². The van der Waals surface area contributed by atoms with Crippen LogP contribution in [0.15, 0.2) is 79.5 Å². The Hall–Kier alpha value is -3.87. The van der Waals surface area contributed by atoms with Gasteiger partial charge in [0.1, 0.15) is 5.82 Å². The summed E-state index contributed by atoms with van der Waals surface area (Å²) < 4.78 is 14.9. The fourth-order valence-corrected chi connectivity index (χ4v) is 2.71. The van der Waals surface area contributed by atoms with Crippen molar-refractivity contribution in [1.29, 1.82) is 0 Å². The Labute approximate surface area is 154 Å². The molecule has 0 spiro atoms. The standard InChI is InChI=1S/C20H14FN5O/c21-15-1-3-17(4-2-15)26-19(14-5-9-22-10-6-14)18(13-24-26)20(27)25-16-7-11-23-12-8-16/h1-13H,(H,23,25,27). The number of nitrogens with one attached hydrogen (secondary N) is 1. The van der Waals surface area contributed by atoms with Crippen LogP contribution >= 0.6 is 0 Å². The summed E-state index contributed by atoms with van der Waals surface area (Å²) in [5, 5.41) is 7.19. The lowest BCUT2D eigenvalue weighted by molar-refractivity contribution is 0.102. The number of hydrogen-bond donors (Lipinski definition) is 1. The zero-order valence-electron chi connectivity index (χ0n) is 14.1. The Bertz CT molecular complexity index is 1060. The summed E-state index contributed by atoms with van der Waals surface area (Å²) in [5.74, 6) is -0.645. The van der Waals surface area contributed by atoms with Gasteiger partial charge in [-0.1, -0.05) is 0 Å². The van der Waals surface area contributed by atoms with Gasteiger partial charge in [0, 0.05) is 36.0 Å². The maximum atomic E-state index is 13.3. The average molecular weight is 359 g/mol. The van der Waals surface area contributed by atoms with Gasteiger partial charge in [0.05, 0.1) is 23.1 Å². The molecule has 0 aliphatic heterocycles. The van der Waals surface area contributed by atoms with Crippen LogP contribution in [-0.4, -0.2) is 25.7 Å². The van der Waals surface area contributed by atoms with Gasteiger partial charge in [-0.25, -0.2) is 9.07 Å². The zero-order valence-corrected chi connectivity index (χ0v) is 14.1. The summed E-state index contributed by atoms with van der Waals surface area (Å²) in [7, 11) is 0. The van der Waals surface area contributed by atoms with E-state index in [0.717, 1.165) is 5.56 Å². The molecular formula is C20H14FN5O. The highest BCUT2D eigenvalue weighted by atomic mass is 19.1. The number of anilines is 1. The lowest BCUT2D eigenvalue weighted by Crippen LogP contribution is -2.13. The molecule has 1 aromatic carbocycles. The molecule has 1 amide bonds. The second-order valence-corrected chi connectivity index (χ2v) is 5.72. The molecule has 132 valence electrons. The lowest BCUT2D eigenvalue weighted by Gasteiger charge is -2.10. The number of pyridine rings is 2. The molecule has 27 heavy (non-hydrogen) atoms. The molecule has 0 saturated carbocycles. The molecule has 3 heterocycles. The number of halogens is 1. The first-order chi connectivity index (χ1) is 13.2. The van der Waals surface area contributed by atoms with Crippen LogP contribution in [0.4, 0.5) is 10.1 Å². The third-order valence-electron chi connectivity index (χ3n) is 3.98. The Morgan fingerprint density at radius 1 is 0.889 bits per heavy atom. The molecule has 4 rings (SSSR count). The van der Waals surface area contributed by atoms with E-state index in [1.807, 2.05) is 0 Å². The smallest absolute Gasteiger partial charge is 0.259 e. The zero-order chi connectivity index (χ0) is 18.6. The van der Waals surface area contributed by atoms with Crippen molar-refractivity contribution in [3.05, 3.63) is 90.9 Å². The third-order valence-corrected chi connectivity index (χ3v) is 3.98. The van der Waals surface area contributed by atoms with Gasteiger partial charge in [-0.05, 0) is 48.5 Å². The largest absolute Gasteiger partial charge is 0.322 e. The maximum absolute atomic E-state index is 13.3. The molecule has 0 bridgehead atoms. The van der Waals surface area contributed by atoms with Crippen molar-refractivity contribution in [3.63, 3.8) is 0 Å². The summed E-state index contributed by atoms with van der Waals surface area (Å²) in [5.41, 5.74) is 3.03. The molecular weight excluding hydrogens is 345 g/mol. The van der Waals surface area contributed by atoms with Crippen LogP contribution in [0.5, 0.6) is 0 Å². The minimum atomic E-state index is -0.341. The molecule has 0 radical (unpaired) electrons. The molecule has 1 N–H and O–H groups in total. The number of carbonyl (C=O) groups excluding carboxylic acids is 1. The third kappa shape index (κ3) is 3.43. The second kappa shape index (κ2) is 7.17. The monoisotopic (exact) mass is 359 g/mol. The van der Waals surface area contributed by atoms with Crippen LogP contribution in [0.3, 0.4) is 0 Å². The summed E-state index contributed by atoms with van der Waals surface area (Å²) >= 11 is 0. The van der Waals surface area contributed by atoms with E-state index in [4.69, 9.17) is 0 Å². The van der Waals surface area contributed by atoms with Crippen LogP contribution in [0.2, 0.25) is 0 Å². The van der Waals surface area contributed by atoms with E-state index in [0.29, 0.717) is 22.6 Å². The molecule has 0 fully saturated rings. The van der Waals surface area contributed by atoms with Crippen molar-refractivity contribution < 1.29 is 9.18 Å². The summed E-state index contributed by atoms with van der Waals surface area (Å²) in [6, 6.07) is 12.9. The number of benzene rings is 1. The fraction of sp³-hybridized carbons (Fsp3) is 0. The van der Waals surface area contributed by atoms with Crippen molar-refractivity contribution in [2.75, 3.05) is 5.32 Å². The van der Waals surface area contributed by atoms with Crippen molar-refractivity contribution in [1.82, 2.24) is 19.7 Å². The first kappa shape index (κ1) is 16.6. The highest BCUT2D eigenvalue weighted by Crippen LogP contribution is 2.27. The molecule has 4 aromatic rings. The van der Waals surface area contributed by atoms with E-state index in [1.165, 1.54) is 18.3 Å². The lowest BCUT2D eigenvalue weighted by atomic mass is 10.1. The normalized spacial score (nSPS) is 10.6. The van der Waals surface area contributed by atoms with Crippen molar-refractivity contribution in [2.45, 2.75) is 0 Å². The maximum Gasteiger partial charge on any atom is 0.259 e. The van der Waals surface area contributed by atoms with Gasteiger partial charge < -0.3 is 5.32 Å². The number of hydrogen-bond acceptors (Lipinski definition) is 4. The van der Waals surface area contributed by atoms with E-state index in [1.54, 1.807) is 65.9 Å². The van der Waals surface area contributed by atoms with Crippen LogP contribution in [-0.2, 0) is 0 Å². The van der Waals surface area contributed by atoms with Gasteiger partial charge in [-0.2, -0.15) is 5.10 Å². The van der Waals surface area contributed by atoms with Gasteiger partial charge in [0.25, 0.3) is 5.91 Å². The number of carbonyl (C=O) groups is 1. The molecule has 7 heteroatoms. The molecule has 0 atom stereocenters. The van der Waals surface area contributed by atoms with Gasteiger partial charge in [0.2, 0.25) is 0 Å². The van der Waals surface area contributed by atoms with E-state index >= 15 is 0 Å². The number of amides is 1. The highest BCUT2D eigenvalue weighted by Gasteiger charge is 2.20. The van der Waals surface area contributed by atoms with Crippen molar-refractivity contribution >= 4 is 11.6 Å². The van der Waals surface area contributed by atoms with Gasteiger partial charge in [0.15, 0.2) is 0 Å². The Morgan fingerprint density at radius 3 is 2.19 bits per heavy atom. The Balaban J connectivity index is 1.80. The van der Waals surface area contributed by atoms with Crippen LogP contribution in [0, 0.1) is 5.82 Å². The fourth-order valence-electron chi connectivity index (χ4n) is 2.71. The number of aromatic nitrogens is 4. The van der Waals surface area contributed by atoms with E-state index in [2.05, 4.69) is 20.4 Å². The van der Waals surface area contributed by atoms with E-state index in [-0.39, 0.29) is 11.7 Å². The topological polar surface area (TPSA) is 72.7 Å². The number of nitrogens with zero attached hydrogens (tertiary/aromatic N) is 4. The van der Waals surface area contributed by atoms with Crippen molar-refractivity contribution in [3.8, 4) is 16.9 Å². The minimum absolute atomic E-state index is 0.304. The number of rotatable bonds is 4. The van der Waals surface area contributed by atoms with Crippen molar-refractivity contribution in [2.24, 2.45) is 0 Å². The van der Waals surface area contributed by atoms with E-state index < -0.39 is 0 Å². The van der Waals surface area contributed by atoms with Gasteiger partial charge >= 0.3 is 0 Å². The Kier molecular flexibility index (Phi) is 4.40. The summed E-state index contributed by atoms with van der Waals surface area (Å²) in [6.45, 7) is 0. The predicted molar refractivity (Wildman–Crippen MR) is 98.9 cm³/mol. The van der Waals surface area contributed by atoms with Crippen LogP contribution in [0.25, 0.3) is 16.9 Å². The molecule has 0 unspecified atom stereocenters. The molecule has 0 saturated heterocycles. The quantitative estimate of drug-likeness (QED) is 0.603. The molecule has 0 aliphatic rings. The summed E-state index contributed by atoms with van der Waals surface area (Å²) in [6.07, 6.45) is 7.97. The molecule has 0 aliphatic carbocycles. The average Bonchev–Trinajstić information content (AvgIpc) is 3.15. The van der Waals surface area contributed by atoms with E-state index in [9.17, 15) is 9.18 Å². The minimum Gasteiger partial charge on any atom is -0.322 e. The Morgan fingerprint density at radius 2 is 1.52 bits per heavy atom.